The zero-order valence-electron chi connectivity index (χ0n) is 15.0. The third-order valence-corrected chi connectivity index (χ3v) is 4.25. The van der Waals surface area contributed by atoms with Crippen LogP contribution in [0.2, 0.25) is 0 Å². The maximum Gasteiger partial charge on any atom is 0.414 e. The molecule has 0 aliphatic carbocycles. The van der Waals surface area contributed by atoms with Gasteiger partial charge in [-0.1, -0.05) is 0 Å². The number of aromatic nitrogens is 7. The van der Waals surface area contributed by atoms with Crippen LogP contribution < -0.4 is 5.32 Å². The number of aryl methyl sites for hydroxylation is 1. The third kappa shape index (κ3) is 3.87. The van der Waals surface area contributed by atoms with E-state index in [4.69, 9.17) is 0 Å². The van der Waals surface area contributed by atoms with Gasteiger partial charge in [-0.15, -0.1) is 10.2 Å². The standard InChI is InChI=1S/C17H15F3N8O/c1-27-13(3-6-22-27)24-16-21-5-2-11(23-16)10-4-7-28-14(8-10)25-26-15(28)9-12(29)17(18,19)20/h2-8,12,29H,9H2,1H3,(H,21,23,24). The number of fused-ring (bicyclic) bond motifs is 1. The number of halogens is 3. The van der Waals surface area contributed by atoms with Gasteiger partial charge in [-0.3, -0.25) is 9.08 Å². The first kappa shape index (κ1) is 18.8. The Morgan fingerprint density at radius 1 is 1.17 bits per heavy atom. The summed E-state index contributed by atoms with van der Waals surface area (Å²) in [7, 11) is 1.78. The smallest absolute Gasteiger partial charge is 0.383 e. The van der Waals surface area contributed by atoms with Crippen molar-refractivity contribution in [1.82, 2.24) is 34.3 Å². The third-order valence-electron chi connectivity index (χ3n) is 4.25. The van der Waals surface area contributed by atoms with Crippen LogP contribution in [0.15, 0.2) is 42.9 Å². The fourth-order valence-electron chi connectivity index (χ4n) is 2.72. The molecule has 0 bridgehead atoms. The van der Waals surface area contributed by atoms with E-state index in [1.165, 1.54) is 4.40 Å². The molecule has 0 spiro atoms. The fraction of sp³-hybridized carbons (Fsp3) is 0.235. The first-order valence-electron chi connectivity index (χ1n) is 8.48. The summed E-state index contributed by atoms with van der Waals surface area (Å²) in [5.74, 6) is 1.09. The molecule has 2 N–H and O–H groups in total. The minimum Gasteiger partial charge on any atom is -0.383 e. The minimum atomic E-state index is -4.72. The predicted molar refractivity (Wildman–Crippen MR) is 96.3 cm³/mol. The molecule has 0 aromatic carbocycles. The van der Waals surface area contributed by atoms with E-state index < -0.39 is 18.7 Å². The zero-order chi connectivity index (χ0) is 20.6. The lowest BCUT2D eigenvalue weighted by molar-refractivity contribution is -0.203. The predicted octanol–water partition coefficient (Wildman–Crippen LogP) is 2.13. The molecule has 1 atom stereocenters. The average Bonchev–Trinajstić information content (AvgIpc) is 3.27. The summed E-state index contributed by atoms with van der Waals surface area (Å²) in [6.07, 6.45) is -3.14. The number of hydrogen-bond donors (Lipinski definition) is 2. The molecule has 0 aliphatic rings. The van der Waals surface area contributed by atoms with Crippen molar-refractivity contribution in [2.75, 3.05) is 5.32 Å². The molecule has 4 heterocycles. The van der Waals surface area contributed by atoms with Crippen LogP contribution in [0.5, 0.6) is 0 Å². The molecule has 150 valence electrons. The van der Waals surface area contributed by atoms with Crippen molar-refractivity contribution in [3.05, 3.63) is 48.7 Å². The number of aliphatic hydroxyl groups excluding tert-OH is 1. The normalized spacial score (nSPS) is 13.0. The molecule has 1 unspecified atom stereocenters. The molecular weight excluding hydrogens is 389 g/mol. The summed E-state index contributed by atoms with van der Waals surface area (Å²) >= 11 is 0. The second kappa shape index (κ2) is 7.13. The molecule has 4 rings (SSSR count). The van der Waals surface area contributed by atoms with Crippen LogP contribution in [0, 0.1) is 0 Å². The van der Waals surface area contributed by atoms with E-state index in [1.54, 1.807) is 54.6 Å². The number of alkyl halides is 3. The van der Waals surface area contributed by atoms with Gasteiger partial charge in [-0.05, 0) is 18.2 Å². The summed E-state index contributed by atoms with van der Waals surface area (Å²) < 4.78 is 40.8. The van der Waals surface area contributed by atoms with Crippen molar-refractivity contribution in [2.24, 2.45) is 7.05 Å². The molecule has 0 saturated carbocycles. The van der Waals surface area contributed by atoms with E-state index >= 15 is 0 Å². The van der Waals surface area contributed by atoms with E-state index in [-0.39, 0.29) is 5.82 Å². The molecule has 9 nitrogen and oxygen atoms in total. The maximum absolute atomic E-state index is 12.6. The second-order valence-corrected chi connectivity index (χ2v) is 6.25. The number of pyridine rings is 1. The van der Waals surface area contributed by atoms with E-state index in [9.17, 15) is 18.3 Å². The van der Waals surface area contributed by atoms with E-state index in [0.717, 1.165) is 0 Å². The molecule has 0 amide bonds. The van der Waals surface area contributed by atoms with Crippen molar-refractivity contribution in [2.45, 2.75) is 18.7 Å². The summed E-state index contributed by atoms with van der Waals surface area (Å²) in [6.45, 7) is 0. The highest BCUT2D eigenvalue weighted by Crippen LogP contribution is 2.24. The molecule has 0 saturated heterocycles. The molecule has 29 heavy (non-hydrogen) atoms. The van der Waals surface area contributed by atoms with Gasteiger partial charge >= 0.3 is 6.18 Å². The van der Waals surface area contributed by atoms with Gasteiger partial charge in [0.15, 0.2) is 11.8 Å². The van der Waals surface area contributed by atoms with E-state index in [0.29, 0.717) is 28.7 Å². The van der Waals surface area contributed by atoms with Crippen LogP contribution in [0.3, 0.4) is 0 Å². The minimum absolute atomic E-state index is 0.0117. The number of nitrogens with one attached hydrogen (secondary N) is 1. The lowest BCUT2D eigenvalue weighted by Crippen LogP contribution is -2.31. The fourth-order valence-corrected chi connectivity index (χ4v) is 2.72. The van der Waals surface area contributed by atoms with Crippen LogP contribution >= 0.6 is 0 Å². The van der Waals surface area contributed by atoms with Gasteiger partial charge in [0, 0.05) is 37.5 Å². The van der Waals surface area contributed by atoms with Crippen LogP contribution in [0.1, 0.15) is 5.82 Å². The van der Waals surface area contributed by atoms with Gasteiger partial charge in [0.05, 0.1) is 11.9 Å². The van der Waals surface area contributed by atoms with Crippen molar-refractivity contribution in [3.63, 3.8) is 0 Å². The van der Waals surface area contributed by atoms with Gasteiger partial charge in [0.25, 0.3) is 0 Å². The monoisotopic (exact) mass is 404 g/mol. The quantitative estimate of drug-likeness (QED) is 0.525. The summed E-state index contributed by atoms with van der Waals surface area (Å²) in [5, 5.41) is 24.0. The molecule has 0 aliphatic heterocycles. The Morgan fingerprint density at radius 2 is 2.00 bits per heavy atom. The van der Waals surface area contributed by atoms with Crippen molar-refractivity contribution in [1.29, 1.82) is 0 Å². The SMILES string of the molecule is Cn1nccc1Nc1nccc(-c2ccn3c(CC(O)C(F)(F)F)nnc3c2)n1. The molecule has 4 aromatic heterocycles. The highest BCUT2D eigenvalue weighted by molar-refractivity contribution is 5.65. The first-order chi connectivity index (χ1) is 13.8. The van der Waals surface area contributed by atoms with Crippen molar-refractivity contribution < 1.29 is 18.3 Å². The molecular formula is C17H15F3N8O. The Kier molecular flexibility index (Phi) is 4.62. The Labute approximate surface area is 161 Å². The van der Waals surface area contributed by atoms with Crippen molar-refractivity contribution in [3.8, 4) is 11.3 Å². The maximum atomic E-state index is 12.6. The largest absolute Gasteiger partial charge is 0.414 e. The molecule has 12 heteroatoms. The van der Waals surface area contributed by atoms with E-state index in [2.05, 4.69) is 30.6 Å². The molecule has 4 aromatic rings. The van der Waals surface area contributed by atoms with Crippen molar-refractivity contribution >= 4 is 17.4 Å². The Bertz CT molecular complexity index is 1150. The van der Waals surface area contributed by atoms with Gasteiger partial charge in [0.1, 0.15) is 11.6 Å². The number of rotatable bonds is 5. The molecule has 0 fully saturated rings. The van der Waals surface area contributed by atoms with E-state index in [1.807, 2.05) is 0 Å². The number of nitrogens with zero attached hydrogens (tertiary/aromatic N) is 7. The van der Waals surface area contributed by atoms with Gasteiger partial charge in [0.2, 0.25) is 5.95 Å². The Hall–Kier alpha value is -3.54. The number of hydrogen-bond acceptors (Lipinski definition) is 7. The van der Waals surface area contributed by atoms with Gasteiger partial charge < -0.3 is 10.4 Å². The lowest BCUT2D eigenvalue weighted by atomic mass is 10.2. The highest BCUT2D eigenvalue weighted by Gasteiger charge is 2.39. The highest BCUT2D eigenvalue weighted by atomic mass is 19.4. The van der Waals surface area contributed by atoms with Crippen LogP contribution in [-0.4, -0.2) is 51.7 Å². The lowest BCUT2D eigenvalue weighted by Gasteiger charge is -2.13. The summed E-state index contributed by atoms with van der Waals surface area (Å²) in [4.78, 5) is 8.62. The average molecular weight is 404 g/mol. The number of aliphatic hydroxyl groups is 1. The first-order valence-corrected chi connectivity index (χ1v) is 8.48. The summed E-state index contributed by atoms with van der Waals surface area (Å²) in [5.41, 5.74) is 1.61. The second-order valence-electron chi connectivity index (χ2n) is 6.25. The van der Waals surface area contributed by atoms with Crippen LogP contribution in [-0.2, 0) is 13.5 Å². The zero-order valence-corrected chi connectivity index (χ0v) is 15.0. The topological polar surface area (TPSA) is 106 Å². The summed E-state index contributed by atoms with van der Waals surface area (Å²) in [6, 6.07) is 6.79. The van der Waals surface area contributed by atoms with Crippen LogP contribution in [0.4, 0.5) is 24.9 Å². The molecule has 0 radical (unpaired) electrons. The van der Waals surface area contributed by atoms with Gasteiger partial charge in [-0.2, -0.15) is 18.3 Å². The Morgan fingerprint density at radius 3 is 2.72 bits per heavy atom. The van der Waals surface area contributed by atoms with Crippen LogP contribution in [0.25, 0.3) is 16.9 Å². The van der Waals surface area contributed by atoms with Gasteiger partial charge in [-0.25, -0.2) is 9.97 Å². The number of anilines is 2. The Balaban J connectivity index is 1.60.